The van der Waals surface area contributed by atoms with Gasteiger partial charge in [-0.05, 0) is 17.7 Å². The summed E-state index contributed by atoms with van der Waals surface area (Å²) >= 11 is 11.3. The predicted molar refractivity (Wildman–Crippen MR) is 89.0 cm³/mol. The smallest absolute Gasteiger partial charge is 0.369 e. The molecule has 1 aliphatic rings. The molecule has 0 unspecified atom stereocenters. The fraction of sp³-hybridized carbons (Fsp3) is 0.353. The third-order valence-electron chi connectivity index (χ3n) is 4.12. The quantitative estimate of drug-likeness (QED) is 0.568. The van der Waals surface area contributed by atoms with Crippen LogP contribution in [0, 0.1) is 0 Å². The summed E-state index contributed by atoms with van der Waals surface area (Å²) < 4.78 is 67.3. The van der Waals surface area contributed by atoms with Crippen molar-refractivity contribution in [1.82, 2.24) is 4.98 Å². The third kappa shape index (κ3) is 3.40. The van der Waals surface area contributed by atoms with Crippen molar-refractivity contribution in [2.45, 2.75) is 30.3 Å². The normalized spacial score (nSPS) is 26.3. The van der Waals surface area contributed by atoms with Crippen molar-refractivity contribution in [3.8, 4) is 0 Å². The van der Waals surface area contributed by atoms with E-state index in [4.69, 9.17) is 27.9 Å². The molecular weight excluding hydrogens is 413 g/mol. The molecule has 1 fully saturated rings. The molecule has 10 heteroatoms. The monoisotopic (exact) mass is 425 g/mol. The van der Waals surface area contributed by atoms with Crippen molar-refractivity contribution in [2.24, 2.45) is 0 Å². The molecule has 1 aromatic carbocycles. The summed E-state index contributed by atoms with van der Waals surface area (Å²) in [6.07, 6.45) is -2.41. The molecule has 1 aliphatic heterocycles. The molecule has 146 valence electrons. The number of pyridine rings is 1. The van der Waals surface area contributed by atoms with Crippen LogP contribution in [0.5, 0.6) is 0 Å². The molecular formula is C17H13Cl2F4NO3. The Kier molecular flexibility index (Phi) is 5.39. The summed E-state index contributed by atoms with van der Waals surface area (Å²) in [4.78, 5) is 3.48. The second-order valence-electron chi connectivity index (χ2n) is 5.92. The van der Waals surface area contributed by atoms with Gasteiger partial charge in [0.25, 0.3) is 5.79 Å². The summed E-state index contributed by atoms with van der Waals surface area (Å²) in [6.45, 7) is -0.970. The van der Waals surface area contributed by atoms with Gasteiger partial charge in [0, 0.05) is 0 Å². The van der Waals surface area contributed by atoms with Gasteiger partial charge in [0.05, 0.1) is 18.8 Å². The van der Waals surface area contributed by atoms with E-state index < -0.39 is 41.1 Å². The van der Waals surface area contributed by atoms with Crippen molar-refractivity contribution in [1.29, 1.82) is 0 Å². The minimum absolute atomic E-state index is 0.0932. The van der Waals surface area contributed by atoms with E-state index in [0.717, 1.165) is 12.1 Å². The molecule has 0 radical (unpaired) electrons. The number of halogens is 6. The van der Waals surface area contributed by atoms with Crippen molar-refractivity contribution in [2.75, 3.05) is 6.61 Å². The van der Waals surface area contributed by atoms with Crippen molar-refractivity contribution < 1.29 is 32.1 Å². The summed E-state index contributed by atoms with van der Waals surface area (Å²) in [7, 11) is 0. The molecule has 2 heterocycles. The molecule has 4 nitrogen and oxygen atoms in total. The number of aromatic nitrogens is 1. The minimum atomic E-state index is -4.99. The molecule has 0 saturated carbocycles. The Hall–Kier alpha value is -1.45. The molecule has 1 N–H and O–H groups in total. The van der Waals surface area contributed by atoms with Crippen LogP contribution in [0.1, 0.15) is 11.1 Å². The SMILES string of the molecule is O[C@@]1(c2ccc(Cl)nc2Cl)O[C@H](COCc2ccccc2)C(F)(F)C1(F)F. The number of rotatable bonds is 5. The second kappa shape index (κ2) is 7.18. The Morgan fingerprint density at radius 3 is 2.37 bits per heavy atom. The van der Waals surface area contributed by atoms with Gasteiger partial charge in [-0.25, -0.2) is 4.98 Å². The maximum absolute atomic E-state index is 14.4. The topological polar surface area (TPSA) is 51.6 Å². The highest BCUT2D eigenvalue weighted by Gasteiger charge is 2.80. The van der Waals surface area contributed by atoms with E-state index >= 15 is 0 Å². The molecule has 27 heavy (non-hydrogen) atoms. The number of hydrogen-bond donors (Lipinski definition) is 1. The molecule has 0 amide bonds. The van der Waals surface area contributed by atoms with Gasteiger partial charge in [0.2, 0.25) is 0 Å². The van der Waals surface area contributed by atoms with Crippen LogP contribution in [0.25, 0.3) is 0 Å². The van der Waals surface area contributed by atoms with Crippen LogP contribution in [-0.2, 0) is 21.9 Å². The molecule has 2 atom stereocenters. The number of aliphatic hydroxyl groups is 1. The first-order valence-corrected chi connectivity index (χ1v) is 8.45. The zero-order valence-corrected chi connectivity index (χ0v) is 15.0. The van der Waals surface area contributed by atoms with Crippen LogP contribution in [-0.4, -0.2) is 34.6 Å². The molecule has 1 aromatic heterocycles. The van der Waals surface area contributed by atoms with Crippen LogP contribution < -0.4 is 0 Å². The maximum Gasteiger partial charge on any atom is 0.369 e. The Morgan fingerprint density at radius 1 is 1.07 bits per heavy atom. The highest BCUT2D eigenvalue weighted by atomic mass is 35.5. The Bertz CT molecular complexity index is 825. The van der Waals surface area contributed by atoms with Gasteiger partial charge in [-0.3, -0.25) is 0 Å². The van der Waals surface area contributed by atoms with E-state index in [0.29, 0.717) is 5.56 Å². The number of benzene rings is 1. The summed E-state index contributed by atoms with van der Waals surface area (Å²) in [6, 6.07) is 10.4. The Morgan fingerprint density at radius 2 is 1.74 bits per heavy atom. The van der Waals surface area contributed by atoms with Gasteiger partial charge < -0.3 is 14.6 Å². The highest BCUT2D eigenvalue weighted by Crippen LogP contribution is 2.57. The lowest BCUT2D eigenvalue weighted by Crippen LogP contribution is -2.52. The predicted octanol–water partition coefficient (Wildman–Crippen LogP) is 4.42. The van der Waals surface area contributed by atoms with Crippen LogP contribution in [0.3, 0.4) is 0 Å². The van der Waals surface area contributed by atoms with Crippen molar-refractivity contribution in [3.63, 3.8) is 0 Å². The molecule has 2 aromatic rings. The fourth-order valence-electron chi connectivity index (χ4n) is 2.68. The average Bonchev–Trinajstić information content (AvgIpc) is 2.73. The first kappa shape index (κ1) is 20.3. The highest BCUT2D eigenvalue weighted by molar-refractivity contribution is 6.32. The number of alkyl halides is 4. The molecule has 0 bridgehead atoms. The van der Waals surface area contributed by atoms with E-state index in [1.165, 1.54) is 0 Å². The fourth-order valence-corrected chi connectivity index (χ4v) is 3.15. The minimum Gasteiger partial charge on any atom is -0.374 e. The van der Waals surface area contributed by atoms with E-state index in [9.17, 15) is 22.7 Å². The van der Waals surface area contributed by atoms with E-state index in [-0.39, 0.29) is 11.8 Å². The van der Waals surface area contributed by atoms with E-state index in [1.807, 2.05) is 0 Å². The largest absolute Gasteiger partial charge is 0.374 e. The van der Waals surface area contributed by atoms with Crippen LogP contribution >= 0.6 is 23.2 Å². The van der Waals surface area contributed by atoms with Crippen LogP contribution in [0.4, 0.5) is 17.6 Å². The summed E-state index contributed by atoms with van der Waals surface area (Å²) in [5.41, 5.74) is -0.158. The zero-order valence-electron chi connectivity index (χ0n) is 13.5. The number of hydrogen-bond acceptors (Lipinski definition) is 4. The molecule has 3 rings (SSSR count). The zero-order chi connectivity index (χ0) is 19.9. The lowest BCUT2D eigenvalue weighted by molar-refractivity contribution is -0.309. The summed E-state index contributed by atoms with van der Waals surface area (Å²) in [5.74, 6) is -13.4. The standard InChI is InChI=1S/C17H13Cl2F4NO3/c18-13-7-6-11(14(19)24-13)16(25)17(22,23)15(20,21)12(27-16)9-26-8-10-4-2-1-3-5-10/h1-7,12,25H,8-9H2/t12-,16+/m1/s1. The van der Waals surface area contributed by atoms with Gasteiger partial charge in [-0.15, -0.1) is 0 Å². The third-order valence-corrected chi connectivity index (χ3v) is 4.62. The Labute approximate surface area is 161 Å². The lowest BCUT2D eigenvalue weighted by Gasteiger charge is -2.29. The number of ether oxygens (including phenoxy) is 2. The van der Waals surface area contributed by atoms with Crippen molar-refractivity contribution >= 4 is 23.2 Å². The van der Waals surface area contributed by atoms with Gasteiger partial charge in [-0.2, -0.15) is 17.6 Å². The molecule has 1 saturated heterocycles. The molecule has 0 spiro atoms. The first-order valence-electron chi connectivity index (χ1n) is 7.69. The van der Waals surface area contributed by atoms with Gasteiger partial charge in [0.1, 0.15) is 10.3 Å². The lowest BCUT2D eigenvalue weighted by atomic mass is 9.97. The number of nitrogens with zero attached hydrogens (tertiary/aromatic N) is 1. The second-order valence-corrected chi connectivity index (χ2v) is 6.67. The summed E-state index contributed by atoms with van der Waals surface area (Å²) in [5, 5.41) is 9.47. The maximum atomic E-state index is 14.4. The van der Waals surface area contributed by atoms with Crippen molar-refractivity contribution in [3.05, 3.63) is 63.9 Å². The van der Waals surface area contributed by atoms with Gasteiger partial charge >= 0.3 is 11.8 Å². The van der Waals surface area contributed by atoms with E-state index in [1.54, 1.807) is 30.3 Å². The van der Waals surface area contributed by atoms with Crippen LogP contribution in [0.2, 0.25) is 10.3 Å². The molecule has 0 aliphatic carbocycles. The first-order chi connectivity index (χ1) is 12.6. The average molecular weight is 426 g/mol. The van der Waals surface area contributed by atoms with Gasteiger partial charge in [-0.1, -0.05) is 53.5 Å². The van der Waals surface area contributed by atoms with E-state index in [2.05, 4.69) is 9.72 Å². The Balaban J connectivity index is 1.83. The van der Waals surface area contributed by atoms with Gasteiger partial charge in [0.15, 0.2) is 6.10 Å². The van der Waals surface area contributed by atoms with Crippen LogP contribution in [0.15, 0.2) is 42.5 Å².